The first kappa shape index (κ1) is 12.1. The van der Waals surface area contributed by atoms with Gasteiger partial charge >= 0.3 is 5.97 Å². The molecule has 1 aromatic rings. The van der Waals surface area contributed by atoms with Crippen LogP contribution in [0.25, 0.3) is 0 Å². The minimum Gasteiger partial charge on any atom is -0.465 e. The molecule has 3 heteroatoms. The molecule has 0 bridgehead atoms. The number of nitrogen functional groups attached to an aromatic ring is 1. The second-order valence-corrected chi connectivity index (χ2v) is 3.37. The predicted octanol–water partition coefficient (Wildman–Crippen LogP) is 1.88. The van der Waals surface area contributed by atoms with E-state index in [9.17, 15) is 4.79 Å². The number of anilines is 1. The van der Waals surface area contributed by atoms with Gasteiger partial charge in [0, 0.05) is 11.3 Å². The third-order valence-corrected chi connectivity index (χ3v) is 1.97. The predicted molar refractivity (Wildman–Crippen MR) is 63.7 cm³/mol. The number of hydrogen-bond acceptors (Lipinski definition) is 3. The molecule has 0 spiro atoms. The maximum atomic E-state index is 11.0. The SMILES string of the molecule is CCOC(=O)CC#Cc1ccc(C)cc1N. The van der Waals surface area contributed by atoms with E-state index < -0.39 is 0 Å². The summed E-state index contributed by atoms with van der Waals surface area (Å²) in [5, 5.41) is 0. The molecule has 0 aliphatic rings. The van der Waals surface area contributed by atoms with E-state index in [1.165, 1.54) is 0 Å². The van der Waals surface area contributed by atoms with Gasteiger partial charge in [0.15, 0.2) is 0 Å². The molecule has 3 nitrogen and oxygen atoms in total. The molecule has 0 heterocycles. The van der Waals surface area contributed by atoms with Crippen molar-refractivity contribution in [3.63, 3.8) is 0 Å². The van der Waals surface area contributed by atoms with Crippen molar-refractivity contribution in [2.24, 2.45) is 0 Å². The van der Waals surface area contributed by atoms with Gasteiger partial charge < -0.3 is 10.5 Å². The zero-order valence-corrected chi connectivity index (χ0v) is 9.54. The molecule has 2 N–H and O–H groups in total. The first-order valence-corrected chi connectivity index (χ1v) is 5.14. The number of ether oxygens (including phenoxy) is 1. The summed E-state index contributed by atoms with van der Waals surface area (Å²) in [5.41, 5.74) is 8.25. The molecule has 0 unspecified atom stereocenters. The summed E-state index contributed by atoms with van der Waals surface area (Å²) in [5.74, 6) is 5.29. The van der Waals surface area contributed by atoms with Crippen molar-refractivity contribution in [2.45, 2.75) is 20.3 Å². The zero-order valence-electron chi connectivity index (χ0n) is 9.54. The van der Waals surface area contributed by atoms with Gasteiger partial charge in [-0.15, -0.1) is 0 Å². The van der Waals surface area contributed by atoms with E-state index >= 15 is 0 Å². The van der Waals surface area contributed by atoms with E-state index in [1.807, 2.05) is 25.1 Å². The average Bonchev–Trinajstić information content (AvgIpc) is 2.22. The number of benzene rings is 1. The van der Waals surface area contributed by atoms with Crippen LogP contribution >= 0.6 is 0 Å². The minimum atomic E-state index is -0.305. The molecule has 0 amide bonds. The van der Waals surface area contributed by atoms with Crippen LogP contribution in [-0.4, -0.2) is 12.6 Å². The molecule has 1 aromatic carbocycles. The number of esters is 1. The van der Waals surface area contributed by atoms with Gasteiger partial charge in [-0.1, -0.05) is 17.9 Å². The highest BCUT2D eigenvalue weighted by Crippen LogP contribution is 2.12. The molecular weight excluding hydrogens is 202 g/mol. The highest BCUT2D eigenvalue weighted by atomic mass is 16.5. The van der Waals surface area contributed by atoms with Gasteiger partial charge in [0.2, 0.25) is 0 Å². The summed E-state index contributed by atoms with van der Waals surface area (Å²) >= 11 is 0. The van der Waals surface area contributed by atoms with Gasteiger partial charge in [0.25, 0.3) is 0 Å². The van der Waals surface area contributed by atoms with Crippen LogP contribution in [0.5, 0.6) is 0 Å². The van der Waals surface area contributed by atoms with E-state index in [4.69, 9.17) is 10.5 Å². The standard InChI is InChI=1S/C13H15NO2/c1-3-16-13(15)6-4-5-11-8-7-10(2)9-12(11)14/h7-9H,3,6,14H2,1-2H3. The highest BCUT2D eigenvalue weighted by Gasteiger charge is 1.97. The zero-order chi connectivity index (χ0) is 12.0. The number of nitrogens with two attached hydrogens (primary N) is 1. The molecule has 0 aliphatic heterocycles. The fourth-order valence-electron chi connectivity index (χ4n) is 1.22. The average molecular weight is 217 g/mol. The Kier molecular flexibility index (Phi) is 4.41. The van der Waals surface area contributed by atoms with Crippen molar-refractivity contribution in [1.29, 1.82) is 0 Å². The fraction of sp³-hybridized carbons (Fsp3) is 0.308. The van der Waals surface area contributed by atoms with Crippen molar-refractivity contribution >= 4 is 11.7 Å². The maximum Gasteiger partial charge on any atom is 0.317 e. The monoisotopic (exact) mass is 217 g/mol. The van der Waals surface area contributed by atoms with Crippen molar-refractivity contribution in [3.8, 4) is 11.8 Å². The van der Waals surface area contributed by atoms with Gasteiger partial charge in [-0.3, -0.25) is 4.79 Å². The van der Waals surface area contributed by atoms with Crippen molar-refractivity contribution in [3.05, 3.63) is 29.3 Å². The first-order chi connectivity index (χ1) is 7.63. The summed E-state index contributed by atoms with van der Waals surface area (Å²) in [7, 11) is 0. The summed E-state index contributed by atoms with van der Waals surface area (Å²) in [6, 6.07) is 5.64. The third-order valence-electron chi connectivity index (χ3n) is 1.97. The molecule has 0 atom stereocenters. The lowest BCUT2D eigenvalue weighted by Gasteiger charge is -1.99. The van der Waals surface area contributed by atoms with Crippen LogP contribution in [0.2, 0.25) is 0 Å². The van der Waals surface area contributed by atoms with E-state index in [1.54, 1.807) is 6.92 Å². The molecule has 1 rings (SSSR count). The molecule has 0 fully saturated rings. The molecular formula is C13H15NO2. The molecule has 0 aliphatic carbocycles. The Hall–Kier alpha value is -1.95. The van der Waals surface area contributed by atoms with E-state index in [2.05, 4.69) is 11.8 Å². The topological polar surface area (TPSA) is 52.3 Å². The third kappa shape index (κ3) is 3.66. The largest absolute Gasteiger partial charge is 0.465 e. The molecule has 0 saturated heterocycles. The normalized spacial score (nSPS) is 9.12. The van der Waals surface area contributed by atoms with Crippen LogP contribution in [0.3, 0.4) is 0 Å². The van der Waals surface area contributed by atoms with Crippen molar-refractivity contribution in [1.82, 2.24) is 0 Å². The Morgan fingerprint density at radius 3 is 2.88 bits per heavy atom. The Morgan fingerprint density at radius 1 is 1.50 bits per heavy atom. The van der Waals surface area contributed by atoms with E-state index in [0.717, 1.165) is 11.1 Å². The lowest BCUT2D eigenvalue weighted by atomic mass is 10.1. The Labute approximate surface area is 95.6 Å². The number of hydrogen-bond donors (Lipinski definition) is 1. The summed E-state index contributed by atoms with van der Waals surface area (Å²) in [6.45, 7) is 4.11. The second kappa shape index (κ2) is 5.82. The highest BCUT2D eigenvalue weighted by molar-refractivity contribution is 5.73. The smallest absolute Gasteiger partial charge is 0.317 e. The number of carbonyl (C=O) groups is 1. The molecule has 16 heavy (non-hydrogen) atoms. The lowest BCUT2D eigenvalue weighted by molar-refractivity contribution is -0.141. The fourth-order valence-corrected chi connectivity index (χ4v) is 1.22. The molecule has 84 valence electrons. The molecule has 0 radical (unpaired) electrons. The number of rotatable bonds is 2. The van der Waals surface area contributed by atoms with Crippen LogP contribution in [-0.2, 0) is 9.53 Å². The van der Waals surface area contributed by atoms with Crippen molar-refractivity contribution in [2.75, 3.05) is 12.3 Å². The summed E-state index contributed by atoms with van der Waals surface area (Å²) in [4.78, 5) is 11.0. The Balaban J connectivity index is 2.66. The van der Waals surface area contributed by atoms with Gasteiger partial charge in [-0.25, -0.2) is 0 Å². The van der Waals surface area contributed by atoms with E-state index in [-0.39, 0.29) is 12.4 Å². The first-order valence-electron chi connectivity index (χ1n) is 5.14. The number of carbonyl (C=O) groups excluding carboxylic acids is 1. The second-order valence-electron chi connectivity index (χ2n) is 3.37. The van der Waals surface area contributed by atoms with Gasteiger partial charge in [-0.2, -0.15) is 0 Å². The maximum absolute atomic E-state index is 11.0. The van der Waals surface area contributed by atoms with Gasteiger partial charge in [0.05, 0.1) is 6.61 Å². The van der Waals surface area contributed by atoms with Gasteiger partial charge in [-0.05, 0) is 31.5 Å². The van der Waals surface area contributed by atoms with E-state index in [0.29, 0.717) is 12.3 Å². The number of aryl methyl sites for hydroxylation is 1. The van der Waals surface area contributed by atoms with Crippen LogP contribution < -0.4 is 5.73 Å². The molecule has 0 aromatic heterocycles. The van der Waals surface area contributed by atoms with Gasteiger partial charge in [0.1, 0.15) is 6.42 Å². The van der Waals surface area contributed by atoms with Crippen LogP contribution in [0, 0.1) is 18.8 Å². The lowest BCUT2D eigenvalue weighted by Crippen LogP contribution is -2.01. The van der Waals surface area contributed by atoms with Crippen molar-refractivity contribution < 1.29 is 9.53 Å². The molecule has 0 saturated carbocycles. The quantitative estimate of drug-likeness (QED) is 0.467. The minimum absolute atomic E-state index is 0.0984. The van der Waals surface area contributed by atoms with Crippen LogP contribution in [0.4, 0.5) is 5.69 Å². The van der Waals surface area contributed by atoms with Crippen LogP contribution in [0.1, 0.15) is 24.5 Å². The van der Waals surface area contributed by atoms with Crippen LogP contribution in [0.15, 0.2) is 18.2 Å². The Morgan fingerprint density at radius 2 is 2.25 bits per heavy atom. The summed E-state index contributed by atoms with van der Waals surface area (Å²) in [6.07, 6.45) is 0.0984. The summed E-state index contributed by atoms with van der Waals surface area (Å²) < 4.78 is 4.76. The Bertz CT molecular complexity index is 441.